The van der Waals surface area contributed by atoms with E-state index < -0.39 is 0 Å². The molecule has 7 heteroatoms. The Hall–Kier alpha value is -2.93. The first-order chi connectivity index (χ1) is 14.0. The van der Waals surface area contributed by atoms with Gasteiger partial charge in [-0.2, -0.15) is 10.2 Å². The number of carbonyl (C=O) groups is 1. The minimum absolute atomic E-state index is 0.0190. The summed E-state index contributed by atoms with van der Waals surface area (Å²) in [7, 11) is 0. The minimum Gasteiger partial charge on any atom is -0.335 e. The first-order valence-electron chi connectivity index (χ1n) is 10.2. The summed E-state index contributed by atoms with van der Waals surface area (Å²) in [4.78, 5) is 17.2. The quantitative estimate of drug-likeness (QED) is 0.725. The van der Waals surface area contributed by atoms with Crippen LogP contribution in [0.2, 0.25) is 0 Å². The number of hydrogen-bond acceptors (Lipinski definition) is 4. The zero-order valence-electron chi connectivity index (χ0n) is 17.4. The summed E-state index contributed by atoms with van der Waals surface area (Å²) in [6.45, 7) is 11.2. The Morgan fingerprint density at radius 1 is 1.10 bits per heavy atom. The van der Waals surface area contributed by atoms with Crippen LogP contribution in [0.4, 0.5) is 0 Å². The predicted octanol–water partition coefficient (Wildman–Crippen LogP) is 2.87. The molecule has 0 atom stereocenters. The summed E-state index contributed by atoms with van der Waals surface area (Å²) >= 11 is 0. The van der Waals surface area contributed by atoms with Crippen LogP contribution in [0.5, 0.6) is 0 Å². The van der Waals surface area contributed by atoms with Gasteiger partial charge in [-0.3, -0.25) is 19.5 Å². The van der Waals surface area contributed by atoms with Crippen molar-refractivity contribution >= 4 is 5.91 Å². The number of carbonyl (C=O) groups excluding carboxylic acids is 1. The van der Waals surface area contributed by atoms with E-state index in [1.165, 1.54) is 11.1 Å². The minimum atomic E-state index is 0.0190. The fourth-order valence-electron chi connectivity index (χ4n) is 3.70. The number of aryl methyl sites for hydroxylation is 3. The average molecular weight is 393 g/mol. The van der Waals surface area contributed by atoms with Gasteiger partial charge in [0.25, 0.3) is 5.91 Å². The van der Waals surface area contributed by atoms with E-state index in [4.69, 9.17) is 0 Å². The van der Waals surface area contributed by atoms with Crippen molar-refractivity contribution in [2.75, 3.05) is 26.2 Å². The van der Waals surface area contributed by atoms with Gasteiger partial charge in [0.2, 0.25) is 0 Å². The highest BCUT2D eigenvalue weighted by atomic mass is 16.2. The SMILES string of the molecule is CCn1cc(CN2CCN(C(=O)c3cc(-c4ccc(C)cc4)n[nH]3)CC2)c(C)n1. The molecule has 0 spiro atoms. The van der Waals surface area contributed by atoms with Crippen molar-refractivity contribution in [1.82, 2.24) is 29.8 Å². The highest BCUT2D eigenvalue weighted by Gasteiger charge is 2.24. The van der Waals surface area contributed by atoms with E-state index in [1.807, 2.05) is 27.8 Å². The second-order valence-corrected chi connectivity index (χ2v) is 7.70. The van der Waals surface area contributed by atoms with Gasteiger partial charge in [-0.1, -0.05) is 29.8 Å². The maximum Gasteiger partial charge on any atom is 0.271 e. The molecular formula is C22H28N6O. The van der Waals surface area contributed by atoms with Crippen LogP contribution in [0, 0.1) is 13.8 Å². The lowest BCUT2D eigenvalue weighted by Crippen LogP contribution is -2.48. The second-order valence-electron chi connectivity index (χ2n) is 7.70. The molecule has 1 aromatic carbocycles. The zero-order chi connectivity index (χ0) is 20.4. The maximum absolute atomic E-state index is 12.9. The van der Waals surface area contributed by atoms with Crippen LogP contribution in [-0.4, -0.2) is 61.9 Å². The third-order valence-electron chi connectivity index (χ3n) is 5.58. The van der Waals surface area contributed by atoms with Gasteiger partial charge in [-0.05, 0) is 26.8 Å². The number of nitrogens with one attached hydrogen (secondary N) is 1. The number of benzene rings is 1. The Balaban J connectivity index is 1.35. The highest BCUT2D eigenvalue weighted by molar-refractivity contribution is 5.93. The maximum atomic E-state index is 12.9. The van der Waals surface area contributed by atoms with Crippen LogP contribution < -0.4 is 0 Å². The number of aromatic nitrogens is 4. The smallest absolute Gasteiger partial charge is 0.271 e. The van der Waals surface area contributed by atoms with E-state index >= 15 is 0 Å². The number of nitrogens with zero attached hydrogens (tertiary/aromatic N) is 5. The standard InChI is InChI=1S/C22H28N6O/c1-4-28-15-19(17(3)25-28)14-26-9-11-27(12-10-26)22(29)21-13-20(23-24-21)18-7-5-16(2)6-8-18/h5-8,13,15H,4,9-12,14H2,1-3H3,(H,23,24). The number of rotatable bonds is 5. The van der Waals surface area contributed by atoms with E-state index in [-0.39, 0.29) is 5.91 Å². The molecule has 1 N–H and O–H groups in total. The fraction of sp³-hybridized carbons (Fsp3) is 0.409. The van der Waals surface area contributed by atoms with E-state index in [0.29, 0.717) is 5.69 Å². The van der Waals surface area contributed by atoms with Gasteiger partial charge in [0.05, 0.1) is 11.4 Å². The molecule has 0 bridgehead atoms. The molecule has 7 nitrogen and oxygen atoms in total. The molecule has 2 aromatic heterocycles. The van der Waals surface area contributed by atoms with Gasteiger partial charge in [0.15, 0.2) is 0 Å². The largest absolute Gasteiger partial charge is 0.335 e. The van der Waals surface area contributed by atoms with E-state index in [0.717, 1.165) is 56.2 Å². The van der Waals surface area contributed by atoms with Crippen molar-refractivity contribution in [2.45, 2.75) is 33.9 Å². The average Bonchev–Trinajstić information content (AvgIpc) is 3.36. The molecule has 0 radical (unpaired) electrons. The van der Waals surface area contributed by atoms with Crippen LogP contribution in [0.1, 0.15) is 34.2 Å². The van der Waals surface area contributed by atoms with Crippen molar-refractivity contribution in [3.8, 4) is 11.3 Å². The van der Waals surface area contributed by atoms with Gasteiger partial charge in [0.1, 0.15) is 5.69 Å². The Kier molecular flexibility index (Phi) is 5.49. The normalized spacial score (nSPS) is 15.1. The summed E-state index contributed by atoms with van der Waals surface area (Å²) < 4.78 is 1.98. The summed E-state index contributed by atoms with van der Waals surface area (Å²) in [5.41, 5.74) is 5.92. The van der Waals surface area contributed by atoms with Crippen LogP contribution in [0.25, 0.3) is 11.3 Å². The van der Waals surface area contributed by atoms with Crippen molar-refractivity contribution in [1.29, 1.82) is 0 Å². The molecule has 1 fully saturated rings. The van der Waals surface area contributed by atoms with Crippen molar-refractivity contribution in [3.63, 3.8) is 0 Å². The van der Waals surface area contributed by atoms with Gasteiger partial charge < -0.3 is 4.90 Å². The summed E-state index contributed by atoms with van der Waals surface area (Å²) in [6, 6.07) is 10.0. The van der Waals surface area contributed by atoms with Gasteiger partial charge >= 0.3 is 0 Å². The fourth-order valence-corrected chi connectivity index (χ4v) is 3.70. The lowest BCUT2D eigenvalue weighted by Gasteiger charge is -2.34. The Morgan fingerprint density at radius 3 is 2.48 bits per heavy atom. The van der Waals surface area contributed by atoms with Gasteiger partial charge in [-0.15, -0.1) is 0 Å². The Morgan fingerprint density at radius 2 is 1.83 bits per heavy atom. The number of hydrogen-bond donors (Lipinski definition) is 1. The lowest BCUT2D eigenvalue weighted by molar-refractivity contribution is 0.0622. The van der Waals surface area contributed by atoms with Crippen LogP contribution in [0.15, 0.2) is 36.5 Å². The molecule has 3 heterocycles. The first kappa shape index (κ1) is 19.4. The molecule has 1 amide bonds. The molecule has 0 saturated carbocycles. The molecule has 1 aliphatic rings. The zero-order valence-corrected chi connectivity index (χ0v) is 17.4. The summed E-state index contributed by atoms with van der Waals surface area (Å²) in [5, 5.41) is 11.8. The second kappa shape index (κ2) is 8.21. The Bertz CT molecular complexity index is 979. The molecule has 4 rings (SSSR count). The molecule has 0 unspecified atom stereocenters. The number of H-pyrrole nitrogens is 1. The van der Waals surface area contributed by atoms with Crippen molar-refractivity contribution < 1.29 is 4.79 Å². The molecular weight excluding hydrogens is 364 g/mol. The highest BCUT2D eigenvalue weighted by Crippen LogP contribution is 2.19. The molecule has 1 aliphatic heterocycles. The molecule has 152 valence electrons. The van der Waals surface area contributed by atoms with Crippen molar-refractivity contribution in [2.24, 2.45) is 0 Å². The molecule has 3 aromatic rings. The van der Waals surface area contributed by atoms with Crippen LogP contribution in [-0.2, 0) is 13.1 Å². The Labute approximate surface area is 171 Å². The first-order valence-corrected chi connectivity index (χ1v) is 10.2. The number of piperazine rings is 1. The molecule has 29 heavy (non-hydrogen) atoms. The molecule has 1 saturated heterocycles. The van der Waals surface area contributed by atoms with E-state index in [1.54, 1.807) is 0 Å². The number of amides is 1. The number of aromatic amines is 1. The third-order valence-corrected chi connectivity index (χ3v) is 5.58. The van der Waals surface area contributed by atoms with Gasteiger partial charge in [0, 0.05) is 56.6 Å². The van der Waals surface area contributed by atoms with Crippen molar-refractivity contribution in [3.05, 3.63) is 59.0 Å². The summed E-state index contributed by atoms with van der Waals surface area (Å²) in [6.07, 6.45) is 2.13. The topological polar surface area (TPSA) is 70.1 Å². The van der Waals surface area contributed by atoms with Crippen LogP contribution in [0.3, 0.4) is 0 Å². The van der Waals surface area contributed by atoms with Gasteiger partial charge in [-0.25, -0.2) is 0 Å². The lowest BCUT2D eigenvalue weighted by atomic mass is 10.1. The molecule has 0 aliphatic carbocycles. The van der Waals surface area contributed by atoms with E-state index in [9.17, 15) is 4.79 Å². The third kappa shape index (κ3) is 4.24. The van der Waals surface area contributed by atoms with E-state index in [2.05, 4.69) is 59.3 Å². The van der Waals surface area contributed by atoms with Crippen LogP contribution >= 0.6 is 0 Å². The monoisotopic (exact) mass is 392 g/mol. The summed E-state index contributed by atoms with van der Waals surface area (Å²) in [5.74, 6) is 0.0190. The predicted molar refractivity (Wildman–Crippen MR) is 113 cm³/mol.